The second kappa shape index (κ2) is 26.5. The molecule has 0 saturated carbocycles. The molecule has 0 spiro atoms. The molecule has 3 unspecified atom stereocenters. The van der Waals surface area contributed by atoms with E-state index in [4.69, 9.17) is 29.0 Å². The number of carbonyl (C=O) groups is 1. The van der Waals surface area contributed by atoms with Crippen LogP contribution < -0.4 is 9.47 Å². The Labute approximate surface area is 370 Å². The molecule has 0 fully saturated rings. The smallest absolute Gasteiger partial charge is 0.339 e. The van der Waals surface area contributed by atoms with Gasteiger partial charge in [0.1, 0.15) is 31.0 Å². The Morgan fingerprint density at radius 2 is 1.23 bits per heavy atom. The number of ether oxygens (including phenoxy) is 4. The minimum atomic E-state index is -4.59. The SMILES string of the molecule is COCCOc1cc(C#Cc2cc(-n3ccc(CN(C[PH](=O)O)C[PH](=O)O)n3)nc(-n3ccc(CN(C[PH](=O)O)CP(=O)(O)O)n3)c2)c(OCCOC)cc1C#CCCCCC(=O)O. The fraction of sp³-hybridized carbons (Fsp3) is 0.421. The molecule has 348 valence electrons. The Hall–Kier alpha value is -4.46. The van der Waals surface area contributed by atoms with Crippen molar-refractivity contribution < 1.29 is 71.6 Å². The van der Waals surface area contributed by atoms with Crippen molar-refractivity contribution in [3.63, 3.8) is 0 Å². The maximum Gasteiger partial charge on any atom is 0.339 e. The molecule has 0 aliphatic carbocycles. The van der Waals surface area contributed by atoms with E-state index in [0.29, 0.717) is 58.8 Å². The number of methoxy groups -OCH3 is 2. The number of rotatable bonds is 26. The van der Waals surface area contributed by atoms with Gasteiger partial charge >= 0.3 is 13.6 Å². The standard InChI is InChI=1S/C38H51N7O15P4/c1-57-15-17-59-34-22-31(35(60-18-16-58-2)21-30(34)7-5-3-4-6-8-38(46)47)10-9-29-19-36(44-13-11-32(40-44)23-42(25-61(48)49)26-62(50)51)39-37(20-29)45-14-12-33(41-45)24-43(27-63(52)53)28-64(54,55)56/h11-14,19-22,61-63H,3-4,6,8,15-18,23-28H2,1-2H3,(H,46,47)(H,48,49)(H,50,51)(H,52,53)(H2,54,55,56). The van der Waals surface area contributed by atoms with Gasteiger partial charge in [0.25, 0.3) is 0 Å². The molecule has 0 radical (unpaired) electrons. The Morgan fingerprint density at radius 3 is 1.72 bits per heavy atom. The summed E-state index contributed by atoms with van der Waals surface area (Å²) in [6, 6.07) is 9.78. The molecule has 1 aromatic carbocycles. The highest BCUT2D eigenvalue weighted by atomic mass is 31.2. The second-order valence-electron chi connectivity index (χ2n) is 13.9. The molecule has 3 heterocycles. The van der Waals surface area contributed by atoms with E-state index in [1.807, 2.05) is 0 Å². The van der Waals surface area contributed by atoms with Gasteiger partial charge in [0, 0.05) is 70.2 Å². The van der Waals surface area contributed by atoms with Crippen molar-refractivity contribution in [1.82, 2.24) is 34.3 Å². The van der Waals surface area contributed by atoms with Crippen LogP contribution in [0.25, 0.3) is 11.6 Å². The number of benzene rings is 1. The third kappa shape index (κ3) is 18.9. The molecule has 26 heteroatoms. The lowest BCUT2D eigenvalue weighted by Crippen LogP contribution is -2.24. The molecule has 4 aromatic rings. The lowest BCUT2D eigenvalue weighted by Gasteiger charge is -2.20. The van der Waals surface area contributed by atoms with Crippen LogP contribution in [0.5, 0.6) is 11.5 Å². The van der Waals surface area contributed by atoms with E-state index in [-0.39, 0.29) is 70.1 Å². The first-order valence-electron chi connectivity index (χ1n) is 19.4. The summed E-state index contributed by atoms with van der Waals surface area (Å²) in [5.41, 5.74) is 2.01. The summed E-state index contributed by atoms with van der Waals surface area (Å²) < 4.78 is 72.0. The summed E-state index contributed by atoms with van der Waals surface area (Å²) in [5, 5.41) is 18.0. The highest BCUT2D eigenvalue weighted by Crippen LogP contribution is 2.37. The van der Waals surface area contributed by atoms with Crippen LogP contribution in [-0.4, -0.2) is 136 Å². The van der Waals surface area contributed by atoms with Crippen molar-refractivity contribution in [3.05, 3.63) is 76.9 Å². The van der Waals surface area contributed by atoms with Gasteiger partial charge in [-0.05, 0) is 37.1 Å². The summed E-state index contributed by atoms with van der Waals surface area (Å²) in [4.78, 5) is 65.8. The maximum absolute atomic E-state index is 11.8. The fourth-order valence-electron chi connectivity index (χ4n) is 5.82. The van der Waals surface area contributed by atoms with Crippen molar-refractivity contribution in [2.45, 2.75) is 38.8 Å². The zero-order valence-electron chi connectivity index (χ0n) is 35.0. The van der Waals surface area contributed by atoms with Gasteiger partial charge in [-0.25, -0.2) is 14.3 Å². The molecule has 4 rings (SSSR count). The summed E-state index contributed by atoms with van der Waals surface area (Å²) in [5.74, 6) is 12.8. The summed E-state index contributed by atoms with van der Waals surface area (Å²) >= 11 is 0. The van der Waals surface area contributed by atoms with E-state index in [1.165, 1.54) is 34.7 Å². The van der Waals surface area contributed by atoms with Gasteiger partial charge in [0.15, 0.2) is 11.6 Å². The van der Waals surface area contributed by atoms with Crippen molar-refractivity contribution >= 4 is 37.6 Å². The molecule has 64 heavy (non-hydrogen) atoms. The molecular weight excluding hydrogens is 918 g/mol. The zero-order chi connectivity index (χ0) is 46.6. The minimum Gasteiger partial charge on any atom is -0.490 e. The Morgan fingerprint density at radius 1 is 0.734 bits per heavy atom. The normalized spacial score (nSPS) is 12.9. The molecule has 0 bridgehead atoms. The molecule has 3 aromatic heterocycles. The Bertz CT molecular complexity index is 2420. The first-order chi connectivity index (χ1) is 30.5. The molecule has 3 atom stereocenters. The van der Waals surface area contributed by atoms with Crippen molar-refractivity contribution in [2.24, 2.45) is 0 Å². The number of unbranched alkanes of at least 4 members (excludes halogenated alkanes) is 2. The average molecular weight is 970 g/mol. The lowest BCUT2D eigenvalue weighted by atomic mass is 10.1. The van der Waals surface area contributed by atoms with E-state index < -0.39 is 50.2 Å². The number of carboxylic acids is 1. The van der Waals surface area contributed by atoms with Crippen LogP contribution in [-0.2, 0) is 45.6 Å². The quantitative estimate of drug-likeness (QED) is 0.0299. The monoisotopic (exact) mass is 969 g/mol. The van der Waals surface area contributed by atoms with Crippen LogP contribution in [0.15, 0.2) is 48.8 Å². The molecule has 0 amide bonds. The summed E-state index contributed by atoms with van der Waals surface area (Å²) in [6.07, 6.45) is 2.81. The molecular formula is C38H51N7O15P4. The van der Waals surface area contributed by atoms with Crippen LogP contribution in [0, 0.1) is 23.7 Å². The van der Waals surface area contributed by atoms with Gasteiger partial charge < -0.3 is 48.5 Å². The van der Waals surface area contributed by atoms with E-state index in [1.54, 1.807) is 42.6 Å². The Kier molecular flexibility index (Phi) is 21.6. The van der Waals surface area contributed by atoms with Gasteiger partial charge in [-0.15, -0.1) is 0 Å². The van der Waals surface area contributed by atoms with E-state index in [2.05, 4.69) is 33.9 Å². The average Bonchev–Trinajstić information content (AvgIpc) is 3.88. The van der Waals surface area contributed by atoms with E-state index >= 15 is 0 Å². The Balaban J connectivity index is 1.81. The predicted molar refractivity (Wildman–Crippen MR) is 235 cm³/mol. The van der Waals surface area contributed by atoms with Crippen LogP contribution in [0.3, 0.4) is 0 Å². The van der Waals surface area contributed by atoms with Crippen molar-refractivity contribution in [1.29, 1.82) is 0 Å². The first-order valence-corrected chi connectivity index (χ1v) is 25.9. The largest absolute Gasteiger partial charge is 0.490 e. The van der Waals surface area contributed by atoms with Gasteiger partial charge in [-0.2, -0.15) is 10.2 Å². The number of carboxylic acid groups (broad SMARTS) is 1. The molecule has 22 nitrogen and oxygen atoms in total. The van der Waals surface area contributed by atoms with Gasteiger partial charge in [-0.3, -0.25) is 32.9 Å². The summed E-state index contributed by atoms with van der Waals surface area (Å²) in [7, 11) is -10.7. The number of aromatic nitrogens is 5. The molecule has 0 aliphatic heterocycles. The molecule has 6 N–H and O–H groups in total. The number of aliphatic carboxylic acids is 1. The van der Waals surface area contributed by atoms with Crippen LogP contribution in [0.1, 0.15) is 53.8 Å². The van der Waals surface area contributed by atoms with Gasteiger partial charge in [0.05, 0.1) is 54.6 Å². The van der Waals surface area contributed by atoms with Crippen LogP contribution in [0.2, 0.25) is 0 Å². The molecule has 0 aliphatic rings. The van der Waals surface area contributed by atoms with Crippen molar-refractivity contribution in [3.8, 4) is 46.8 Å². The fourth-order valence-corrected chi connectivity index (χ4v) is 8.77. The predicted octanol–water partition coefficient (Wildman–Crippen LogP) is 2.91. The number of nitrogens with zero attached hydrogens (tertiary/aromatic N) is 7. The van der Waals surface area contributed by atoms with Gasteiger partial charge in [-0.1, -0.05) is 23.7 Å². The number of pyridine rings is 1. The van der Waals surface area contributed by atoms with Crippen molar-refractivity contribution in [2.75, 3.05) is 65.8 Å². The first kappa shape index (κ1) is 52.2. The highest BCUT2D eigenvalue weighted by molar-refractivity contribution is 7.51. The third-order valence-electron chi connectivity index (χ3n) is 8.47. The number of hydrogen-bond donors (Lipinski definition) is 6. The second-order valence-corrected chi connectivity index (χ2v) is 18.8. The minimum absolute atomic E-state index is 0.0210. The van der Waals surface area contributed by atoms with Gasteiger partial charge in [0.2, 0.25) is 24.1 Å². The molecule has 0 saturated heterocycles. The topological polar surface area (TPSA) is 299 Å². The number of hydrogen-bond acceptors (Lipinski definition) is 14. The summed E-state index contributed by atoms with van der Waals surface area (Å²) in [6.45, 7) is 0.727. The lowest BCUT2D eigenvalue weighted by molar-refractivity contribution is -0.137. The van der Waals surface area contributed by atoms with Crippen LogP contribution >= 0.6 is 31.7 Å². The van der Waals surface area contributed by atoms with E-state index in [0.717, 1.165) is 4.90 Å². The van der Waals surface area contributed by atoms with E-state index in [9.17, 15) is 47.5 Å². The third-order valence-corrected chi connectivity index (χ3v) is 11.4. The maximum atomic E-state index is 11.8. The zero-order valence-corrected chi connectivity index (χ0v) is 38.8. The van der Waals surface area contributed by atoms with Crippen LogP contribution in [0.4, 0.5) is 0 Å². The highest BCUT2D eigenvalue weighted by Gasteiger charge is 2.22.